The zero-order chi connectivity index (χ0) is 22.2. The van der Waals surface area contributed by atoms with Crippen LogP contribution in [0.5, 0.6) is 5.75 Å². The third-order valence-corrected chi connectivity index (χ3v) is 6.36. The van der Waals surface area contributed by atoms with Crippen LogP contribution in [-0.2, 0) is 11.2 Å². The van der Waals surface area contributed by atoms with Gasteiger partial charge in [0.1, 0.15) is 5.75 Å². The molecule has 0 unspecified atom stereocenters. The summed E-state index contributed by atoms with van der Waals surface area (Å²) in [6.45, 7) is 9.26. The van der Waals surface area contributed by atoms with Gasteiger partial charge in [-0.2, -0.15) is 0 Å². The van der Waals surface area contributed by atoms with Crippen molar-refractivity contribution in [3.05, 3.63) is 52.0 Å². The molecule has 0 atom stereocenters. The number of benzene rings is 2. The molecule has 0 spiro atoms. The summed E-state index contributed by atoms with van der Waals surface area (Å²) < 4.78 is 5.91. The van der Waals surface area contributed by atoms with Crippen molar-refractivity contribution in [2.45, 2.75) is 33.1 Å². The van der Waals surface area contributed by atoms with Crippen LogP contribution >= 0.6 is 23.2 Å². The van der Waals surface area contributed by atoms with Gasteiger partial charge in [0.15, 0.2) is 0 Å². The molecular weight excluding hydrogens is 433 g/mol. The highest BCUT2D eigenvalue weighted by atomic mass is 35.5. The van der Waals surface area contributed by atoms with Gasteiger partial charge in [0.2, 0.25) is 5.91 Å². The first-order valence-electron chi connectivity index (χ1n) is 10.9. The number of ether oxygens (including phenoxy) is 1. The van der Waals surface area contributed by atoms with Crippen LogP contribution in [0, 0.1) is 0 Å². The number of rotatable bonds is 9. The fourth-order valence-electron chi connectivity index (χ4n) is 3.84. The average molecular weight is 464 g/mol. The van der Waals surface area contributed by atoms with Crippen molar-refractivity contribution in [1.29, 1.82) is 0 Å². The molecule has 31 heavy (non-hydrogen) atoms. The predicted octanol–water partition coefficient (Wildman–Crippen LogP) is 5.50. The first-order valence-corrected chi connectivity index (χ1v) is 11.7. The van der Waals surface area contributed by atoms with Gasteiger partial charge in [0.25, 0.3) is 0 Å². The van der Waals surface area contributed by atoms with Crippen LogP contribution in [0.2, 0.25) is 10.0 Å². The lowest BCUT2D eigenvalue weighted by molar-refractivity contribution is -0.114. The summed E-state index contributed by atoms with van der Waals surface area (Å²) in [6.07, 6.45) is 2.95. The molecule has 5 nitrogen and oxygen atoms in total. The second kappa shape index (κ2) is 11.6. The van der Waals surface area contributed by atoms with Crippen LogP contribution in [0.3, 0.4) is 0 Å². The number of anilines is 2. The SMILES string of the molecule is CCc1ccc(OCCCCN2CCN(c3cccc(Cl)c3Cl)CC2)cc1NC(C)=O. The summed E-state index contributed by atoms with van der Waals surface area (Å²) in [4.78, 5) is 16.2. The lowest BCUT2D eigenvalue weighted by Gasteiger charge is -2.36. The molecule has 0 radical (unpaired) electrons. The number of carbonyl (C=O) groups is 1. The minimum atomic E-state index is -0.0652. The molecule has 1 fully saturated rings. The van der Waals surface area contributed by atoms with Gasteiger partial charge in [-0.3, -0.25) is 9.69 Å². The third-order valence-electron chi connectivity index (χ3n) is 5.55. The third kappa shape index (κ3) is 6.76. The molecule has 0 saturated carbocycles. The molecular formula is C24H31Cl2N3O2. The topological polar surface area (TPSA) is 44.8 Å². The zero-order valence-corrected chi connectivity index (χ0v) is 19.8. The summed E-state index contributed by atoms with van der Waals surface area (Å²) in [5.74, 6) is 0.734. The molecule has 0 aromatic heterocycles. The molecule has 2 aromatic carbocycles. The first-order chi connectivity index (χ1) is 15.0. The molecule has 1 saturated heterocycles. The molecule has 0 aliphatic carbocycles. The maximum Gasteiger partial charge on any atom is 0.221 e. The number of nitrogens with one attached hydrogen (secondary N) is 1. The summed E-state index contributed by atoms with van der Waals surface area (Å²) >= 11 is 12.5. The van der Waals surface area contributed by atoms with E-state index in [4.69, 9.17) is 27.9 Å². The average Bonchev–Trinajstić information content (AvgIpc) is 2.76. The Morgan fingerprint density at radius 3 is 2.58 bits per heavy atom. The first kappa shape index (κ1) is 23.7. The number of aryl methyl sites for hydroxylation is 1. The van der Waals surface area contributed by atoms with Crippen molar-refractivity contribution in [2.75, 3.05) is 49.5 Å². The molecule has 1 heterocycles. The van der Waals surface area contributed by atoms with Crippen LogP contribution in [0.25, 0.3) is 0 Å². The van der Waals surface area contributed by atoms with E-state index in [1.807, 2.05) is 36.4 Å². The van der Waals surface area contributed by atoms with Gasteiger partial charge in [-0.05, 0) is 49.6 Å². The second-order valence-corrected chi connectivity index (χ2v) is 8.60. The standard InChI is InChI=1S/C24H31Cl2N3O2/c1-3-19-9-10-20(17-22(19)27-18(2)30)31-16-5-4-11-28-12-14-29(15-13-28)23-8-6-7-21(25)24(23)26/h6-10,17H,3-5,11-16H2,1-2H3,(H,27,30). The van der Waals surface area contributed by atoms with Gasteiger partial charge in [-0.1, -0.05) is 42.3 Å². The molecule has 7 heteroatoms. The van der Waals surface area contributed by atoms with E-state index < -0.39 is 0 Å². The maximum atomic E-state index is 11.4. The molecule has 1 aliphatic rings. The predicted molar refractivity (Wildman–Crippen MR) is 130 cm³/mol. The Bertz CT molecular complexity index is 883. The lowest BCUT2D eigenvalue weighted by Crippen LogP contribution is -2.46. The number of nitrogens with zero attached hydrogens (tertiary/aromatic N) is 2. The minimum Gasteiger partial charge on any atom is -0.494 e. The Hall–Kier alpha value is -1.95. The Labute approximate surface area is 195 Å². The Balaban J connectivity index is 1.37. The van der Waals surface area contributed by atoms with E-state index in [9.17, 15) is 4.79 Å². The summed E-state index contributed by atoms with van der Waals surface area (Å²) in [5.41, 5.74) is 2.97. The molecule has 2 aromatic rings. The van der Waals surface area contributed by atoms with Gasteiger partial charge < -0.3 is 15.0 Å². The monoisotopic (exact) mass is 463 g/mol. The highest BCUT2D eigenvalue weighted by molar-refractivity contribution is 6.43. The van der Waals surface area contributed by atoms with Crippen molar-refractivity contribution in [2.24, 2.45) is 0 Å². The van der Waals surface area contributed by atoms with Gasteiger partial charge >= 0.3 is 0 Å². The maximum absolute atomic E-state index is 11.4. The normalized spacial score (nSPS) is 14.5. The lowest BCUT2D eigenvalue weighted by atomic mass is 10.1. The van der Waals surface area contributed by atoms with Crippen LogP contribution in [-0.4, -0.2) is 50.1 Å². The molecule has 1 aliphatic heterocycles. The number of unbranched alkanes of at least 4 members (excludes halogenated alkanes) is 1. The highest BCUT2D eigenvalue weighted by Gasteiger charge is 2.19. The number of amides is 1. The van der Waals surface area contributed by atoms with E-state index in [0.29, 0.717) is 16.7 Å². The summed E-state index contributed by atoms with van der Waals surface area (Å²) in [6, 6.07) is 11.7. The van der Waals surface area contributed by atoms with Gasteiger partial charge in [-0.15, -0.1) is 0 Å². The quantitative estimate of drug-likeness (QED) is 0.498. The fourth-order valence-corrected chi connectivity index (χ4v) is 4.25. The van der Waals surface area contributed by atoms with Gasteiger partial charge in [-0.25, -0.2) is 0 Å². The summed E-state index contributed by atoms with van der Waals surface area (Å²) in [7, 11) is 0. The smallest absolute Gasteiger partial charge is 0.221 e. The summed E-state index contributed by atoms with van der Waals surface area (Å²) in [5, 5.41) is 4.13. The Morgan fingerprint density at radius 1 is 1.10 bits per heavy atom. The van der Waals surface area contributed by atoms with E-state index in [1.54, 1.807) is 0 Å². The van der Waals surface area contributed by atoms with Crippen LogP contribution in [0.4, 0.5) is 11.4 Å². The molecule has 0 bridgehead atoms. The van der Waals surface area contributed by atoms with Crippen molar-refractivity contribution in [1.82, 2.24) is 4.90 Å². The van der Waals surface area contributed by atoms with Crippen LogP contribution in [0.1, 0.15) is 32.3 Å². The largest absolute Gasteiger partial charge is 0.494 e. The Morgan fingerprint density at radius 2 is 1.87 bits per heavy atom. The van der Waals surface area contributed by atoms with Crippen molar-refractivity contribution >= 4 is 40.5 Å². The molecule has 3 rings (SSSR count). The van der Waals surface area contributed by atoms with E-state index >= 15 is 0 Å². The van der Waals surface area contributed by atoms with Crippen molar-refractivity contribution in [3.63, 3.8) is 0 Å². The fraction of sp³-hybridized carbons (Fsp3) is 0.458. The van der Waals surface area contributed by atoms with Gasteiger partial charge in [0, 0.05) is 44.9 Å². The van der Waals surface area contributed by atoms with E-state index in [-0.39, 0.29) is 5.91 Å². The number of carbonyl (C=O) groups excluding carboxylic acids is 1. The minimum absolute atomic E-state index is 0.0652. The second-order valence-electron chi connectivity index (χ2n) is 7.81. The van der Waals surface area contributed by atoms with E-state index in [2.05, 4.69) is 22.0 Å². The van der Waals surface area contributed by atoms with Crippen LogP contribution < -0.4 is 15.0 Å². The zero-order valence-electron chi connectivity index (χ0n) is 18.3. The molecule has 1 amide bonds. The van der Waals surface area contributed by atoms with E-state index in [0.717, 1.165) is 74.7 Å². The molecule has 168 valence electrons. The molecule has 1 N–H and O–H groups in total. The van der Waals surface area contributed by atoms with Crippen LogP contribution in [0.15, 0.2) is 36.4 Å². The number of halogens is 2. The number of hydrogen-bond acceptors (Lipinski definition) is 4. The van der Waals surface area contributed by atoms with Crippen molar-refractivity contribution < 1.29 is 9.53 Å². The van der Waals surface area contributed by atoms with Crippen molar-refractivity contribution in [3.8, 4) is 5.75 Å². The van der Waals surface area contributed by atoms with Gasteiger partial charge in [0.05, 0.1) is 22.3 Å². The number of piperazine rings is 1. The number of hydrogen-bond donors (Lipinski definition) is 1. The highest BCUT2D eigenvalue weighted by Crippen LogP contribution is 2.32. The Kier molecular flexibility index (Phi) is 8.88. The van der Waals surface area contributed by atoms with E-state index in [1.165, 1.54) is 6.92 Å².